The lowest BCUT2D eigenvalue weighted by Gasteiger charge is -2.37. The Morgan fingerprint density at radius 2 is 1.80 bits per heavy atom. The van der Waals surface area contributed by atoms with E-state index in [9.17, 15) is 8.78 Å². The molecule has 0 amide bonds. The number of hydrogen-bond donors (Lipinski definition) is 1. The first-order chi connectivity index (χ1) is 9.63. The zero-order valence-corrected chi connectivity index (χ0v) is 12.3. The zero-order chi connectivity index (χ0) is 14.1. The van der Waals surface area contributed by atoms with Crippen molar-refractivity contribution in [3.8, 4) is 0 Å². The van der Waals surface area contributed by atoms with E-state index in [4.69, 9.17) is 0 Å². The summed E-state index contributed by atoms with van der Waals surface area (Å²) in [6.07, 6.45) is 1.73. The zero-order valence-electron chi connectivity index (χ0n) is 10.7. The highest BCUT2D eigenvalue weighted by Crippen LogP contribution is 2.40. The van der Waals surface area contributed by atoms with Crippen LogP contribution in [0, 0.1) is 11.6 Å². The van der Waals surface area contributed by atoms with Crippen molar-refractivity contribution in [3.05, 3.63) is 64.1 Å². The number of hydrogen-bond acceptors (Lipinski definition) is 1. The van der Waals surface area contributed by atoms with E-state index in [1.165, 1.54) is 18.2 Å². The Kier molecular flexibility index (Phi) is 3.74. The molecule has 20 heavy (non-hydrogen) atoms. The Balaban J connectivity index is 1.64. The SMILES string of the molecule is Fc1ccc(Br)c(NC2CC(c3ccccc3F)C2)c1. The van der Waals surface area contributed by atoms with Crippen molar-refractivity contribution in [2.75, 3.05) is 5.32 Å². The molecule has 2 aromatic carbocycles. The summed E-state index contributed by atoms with van der Waals surface area (Å²) >= 11 is 3.39. The number of halogens is 3. The molecule has 1 aliphatic rings. The van der Waals surface area contributed by atoms with Gasteiger partial charge in [-0.15, -0.1) is 0 Å². The van der Waals surface area contributed by atoms with Crippen LogP contribution in [0.25, 0.3) is 0 Å². The van der Waals surface area contributed by atoms with Crippen LogP contribution in [-0.4, -0.2) is 6.04 Å². The van der Waals surface area contributed by atoms with Crippen LogP contribution in [0.3, 0.4) is 0 Å². The summed E-state index contributed by atoms with van der Waals surface area (Å²) in [5.74, 6) is -0.149. The maximum atomic E-state index is 13.7. The van der Waals surface area contributed by atoms with Gasteiger partial charge in [-0.1, -0.05) is 18.2 Å². The minimum absolute atomic E-state index is 0.136. The van der Waals surface area contributed by atoms with Crippen LogP contribution in [0.2, 0.25) is 0 Å². The van der Waals surface area contributed by atoms with E-state index < -0.39 is 0 Å². The molecule has 1 aliphatic carbocycles. The number of nitrogens with one attached hydrogen (secondary N) is 1. The molecule has 1 N–H and O–H groups in total. The van der Waals surface area contributed by atoms with Gasteiger partial charge in [0.2, 0.25) is 0 Å². The van der Waals surface area contributed by atoms with Crippen molar-refractivity contribution in [2.45, 2.75) is 24.8 Å². The van der Waals surface area contributed by atoms with Crippen molar-refractivity contribution < 1.29 is 8.78 Å². The first-order valence-electron chi connectivity index (χ1n) is 6.59. The molecule has 1 saturated carbocycles. The Bertz CT molecular complexity index is 624. The summed E-state index contributed by atoms with van der Waals surface area (Å²) in [6, 6.07) is 11.7. The summed E-state index contributed by atoms with van der Waals surface area (Å²) in [6.45, 7) is 0. The lowest BCUT2D eigenvalue weighted by Crippen LogP contribution is -2.34. The van der Waals surface area contributed by atoms with Gasteiger partial charge in [-0.25, -0.2) is 8.78 Å². The quantitative estimate of drug-likeness (QED) is 0.822. The van der Waals surface area contributed by atoms with Gasteiger partial charge in [0.25, 0.3) is 0 Å². The third-order valence-electron chi connectivity index (χ3n) is 3.77. The highest BCUT2D eigenvalue weighted by Gasteiger charge is 2.32. The third-order valence-corrected chi connectivity index (χ3v) is 4.46. The Labute approximate surface area is 125 Å². The fourth-order valence-corrected chi connectivity index (χ4v) is 2.98. The topological polar surface area (TPSA) is 12.0 Å². The highest BCUT2D eigenvalue weighted by molar-refractivity contribution is 9.10. The van der Waals surface area contributed by atoms with Crippen LogP contribution in [0.5, 0.6) is 0 Å². The first kappa shape index (κ1) is 13.6. The molecule has 104 valence electrons. The fourth-order valence-electron chi connectivity index (χ4n) is 2.62. The van der Waals surface area contributed by atoms with E-state index in [0.717, 1.165) is 28.6 Å². The van der Waals surface area contributed by atoms with Gasteiger partial charge < -0.3 is 5.32 Å². The minimum atomic E-state index is -0.263. The first-order valence-corrected chi connectivity index (χ1v) is 7.39. The van der Waals surface area contributed by atoms with Gasteiger partial charge >= 0.3 is 0 Å². The van der Waals surface area contributed by atoms with E-state index >= 15 is 0 Å². The van der Waals surface area contributed by atoms with Crippen LogP contribution in [0.15, 0.2) is 46.9 Å². The maximum absolute atomic E-state index is 13.7. The molecule has 3 rings (SSSR count). The van der Waals surface area contributed by atoms with E-state index in [0.29, 0.717) is 0 Å². The summed E-state index contributed by atoms with van der Waals surface area (Å²) in [4.78, 5) is 0. The molecule has 1 nitrogen and oxygen atoms in total. The van der Waals surface area contributed by atoms with Crippen molar-refractivity contribution in [2.24, 2.45) is 0 Å². The predicted molar refractivity (Wildman–Crippen MR) is 79.9 cm³/mol. The fraction of sp³-hybridized carbons (Fsp3) is 0.250. The Morgan fingerprint density at radius 1 is 1.05 bits per heavy atom. The standard InChI is InChI=1S/C16H14BrF2N/c17-14-6-5-11(18)9-16(14)20-12-7-10(8-12)13-3-1-2-4-15(13)19/h1-6,9-10,12,20H,7-8H2. The van der Waals surface area contributed by atoms with E-state index in [2.05, 4.69) is 21.2 Å². The molecule has 4 heteroatoms. The molecule has 0 radical (unpaired) electrons. The molecule has 0 bridgehead atoms. The van der Waals surface area contributed by atoms with E-state index in [1.807, 2.05) is 12.1 Å². The Hall–Kier alpha value is -1.42. The van der Waals surface area contributed by atoms with E-state index in [-0.39, 0.29) is 23.6 Å². The van der Waals surface area contributed by atoms with Crippen LogP contribution >= 0.6 is 15.9 Å². The summed E-state index contributed by atoms with van der Waals surface area (Å²) in [5, 5.41) is 3.30. The summed E-state index contributed by atoms with van der Waals surface area (Å²) in [7, 11) is 0. The molecule has 0 aromatic heterocycles. The molecule has 0 unspecified atom stereocenters. The van der Waals surface area contributed by atoms with Crippen LogP contribution in [0.1, 0.15) is 24.3 Å². The van der Waals surface area contributed by atoms with Crippen molar-refractivity contribution in [1.29, 1.82) is 0 Å². The molecule has 0 aliphatic heterocycles. The average molecular weight is 338 g/mol. The smallest absolute Gasteiger partial charge is 0.126 e. The van der Waals surface area contributed by atoms with Gasteiger partial charge in [-0.05, 0) is 64.5 Å². The van der Waals surface area contributed by atoms with Gasteiger partial charge in [0.1, 0.15) is 11.6 Å². The van der Waals surface area contributed by atoms with Crippen LogP contribution in [-0.2, 0) is 0 Å². The molecule has 2 aromatic rings. The lowest BCUT2D eigenvalue weighted by molar-refractivity contribution is 0.363. The summed E-state index contributed by atoms with van der Waals surface area (Å²) < 4.78 is 27.7. The molecule has 1 fully saturated rings. The predicted octanol–water partition coefficient (Wildman–Crippen LogP) is 5.09. The molecular weight excluding hydrogens is 324 g/mol. The lowest BCUT2D eigenvalue weighted by atomic mass is 9.75. The van der Waals surface area contributed by atoms with Gasteiger partial charge in [0.05, 0.1) is 5.69 Å². The molecule has 0 heterocycles. The third kappa shape index (κ3) is 2.70. The normalized spacial score (nSPS) is 21.4. The molecule has 0 saturated heterocycles. The van der Waals surface area contributed by atoms with Gasteiger partial charge in [0, 0.05) is 10.5 Å². The second-order valence-electron chi connectivity index (χ2n) is 5.16. The largest absolute Gasteiger partial charge is 0.381 e. The van der Waals surface area contributed by atoms with Crippen LogP contribution in [0.4, 0.5) is 14.5 Å². The average Bonchev–Trinajstić information content (AvgIpc) is 2.38. The Morgan fingerprint density at radius 3 is 2.55 bits per heavy atom. The molecule has 0 spiro atoms. The highest BCUT2D eigenvalue weighted by atomic mass is 79.9. The van der Waals surface area contributed by atoms with Crippen molar-refractivity contribution in [3.63, 3.8) is 0 Å². The van der Waals surface area contributed by atoms with E-state index in [1.54, 1.807) is 12.1 Å². The molecular formula is C16H14BrF2N. The summed E-state index contributed by atoms with van der Waals surface area (Å²) in [5.41, 5.74) is 1.53. The molecule has 0 atom stereocenters. The minimum Gasteiger partial charge on any atom is -0.381 e. The van der Waals surface area contributed by atoms with Crippen LogP contribution < -0.4 is 5.32 Å². The van der Waals surface area contributed by atoms with Crippen molar-refractivity contribution >= 4 is 21.6 Å². The number of benzene rings is 2. The second kappa shape index (κ2) is 5.52. The monoisotopic (exact) mass is 337 g/mol. The van der Waals surface area contributed by atoms with Gasteiger partial charge in [-0.2, -0.15) is 0 Å². The maximum Gasteiger partial charge on any atom is 0.126 e. The number of rotatable bonds is 3. The number of anilines is 1. The van der Waals surface area contributed by atoms with Gasteiger partial charge in [0.15, 0.2) is 0 Å². The van der Waals surface area contributed by atoms with Gasteiger partial charge in [-0.3, -0.25) is 0 Å². The van der Waals surface area contributed by atoms with Crippen molar-refractivity contribution in [1.82, 2.24) is 0 Å². The second-order valence-corrected chi connectivity index (χ2v) is 6.01.